The number of esters is 5. The van der Waals surface area contributed by atoms with Crippen molar-refractivity contribution in [1.29, 1.82) is 0 Å². The first kappa shape index (κ1) is 44.6. The maximum Gasteiger partial charge on any atom is 0.509 e. The average Bonchev–Trinajstić information content (AvgIpc) is 4.03. The zero-order valence-corrected chi connectivity index (χ0v) is 36.3. The van der Waals surface area contributed by atoms with E-state index in [-0.39, 0.29) is 42.1 Å². The van der Waals surface area contributed by atoms with Crippen molar-refractivity contribution in [2.24, 2.45) is 35.5 Å². The van der Waals surface area contributed by atoms with Crippen LogP contribution in [0.4, 0.5) is 22.4 Å². The molecule has 14 aliphatic rings. The molecule has 8 saturated carbocycles. The molecule has 14 unspecified atom stereocenters. The Labute approximate surface area is 373 Å². The number of hydrogen-bond acceptors (Lipinski definition) is 19. The molecule has 66 heavy (non-hydrogen) atoms. The summed E-state index contributed by atoms with van der Waals surface area (Å²) < 4.78 is 128. The van der Waals surface area contributed by atoms with Crippen LogP contribution in [0.5, 0.6) is 0 Å². The Balaban J connectivity index is 0.000000146. The van der Waals surface area contributed by atoms with E-state index in [4.69, 9.17) is 61.6 Å². The fourth-order valence-corrected chi connectivity index (χ4v) is 14.0. The third-order valence-corrected chi connectivity index (χ3v) is 15.9. The van der Waals surface area contributed by atoms with Gasteiger partial charge in [-0.2, -0.15) is 17.6 Å². The van der Waals surface area contributed by atoms with Crippen molar-refractivity contribution in [2.45, 2.75) is 188 Å². The van der Waals surface area contributed by atoms with Gasteiger partial charge in [0.15, 0.2) is 48.6 Å². The summed E-state index contributed by atoms with van der Waals surface area (Å²) in [7, 11) is 0. The molecule has 6 heterocycles. The van der Waals surface area contributed by atoms with E-state index < -0.39 is 132 Å². The predicted molar refractivity (Wildman–Crippen MR) is 198 cm³/mol. The molecular formula is C43H50F4O19. The molecule has 0 aromatic carbocycles. The summed E-state index contributed by atoms with van der Waals surface area (Å²) in [5.74, 6) is -14.5. The second-order valence-corrected chi connectivity index (χ2v) is 20.4. The van der Waals surface area contributed by atoms with Crippen LogP contribution in [-0.4, -0.2) is 139 Å². The van der Waals surface area contributed by atoms with Gasteiger partial charge < -0.3 is 61.6 Å². The van der Waals surface area contributed by atoms with E-state index in [1.165, 1.54) is 6.92 Å². The minimum Gasteiger partial charge on any atom is -0.455 e. The summed E-state index contributed by atoms with van der Waals surface area (Å²) >= 11 is 0. The van der Waals surface area contributed by atoms with Crippen LogP contribution in [0.1, 0.15) is 91.9 Å². The molecule has 0 aromatic heterocycles. The van der Waals surface area contributed by atoms with Crippen molar-refractivity contribution >= 4 is 36.0 Å². The van der Waals surface area contributed by atoms with Crippen LogP contribution in [0.2, 0.25) is 0 Å². The summed E-state index contributed by atoms with van der Waals surface area (Å²) in [6.07, 6.45) is -4.19. The summed E-state index contributed by atoms with van der Waals surface area (Å²) in [5.41, 5.74) is -1.89. The third kappa shape index (κ3) is 6.85. The quantitative estimate of drug-likeness (QED) is 0.202. The van der Waals surface area contributed by atoms with Crippen LogP contribution < -0.4 is 0 Å². The molecule has 364 valence electrons. The molecule has 0 aromatic rings. The molecule has 2 spiro atoms. The standard InChI is InChI=1S/C22H26F2O10.C21H24F2O9/c1-3-28-19(27)31-14-12-13(29-16(14)25)15-17(30-12)33-22(32-15)10-4-9-5-11(22)8-21(6-9,7-10)34-18(26)20(2,23)24;1-8(24)27-14-12-13(28-16(14)25)15-17(29-12)31-21(30-15)10-3-9-4-11(21)7-20(5-9,6-10)32-18(26)19(2,22)23/h9-15,17H,3-8H2,1-2H3;9-15,17H,3-7H2,1-2H3. The molecule has 6 aliphatic heterocycles. The lowest BCUT2D eigenvalue weighted by Crippen LogP contribution is -2.66. The first-order chi connectivity index (χ1) is 31.0. The Morgan fingerprint density at radius 3 is 1.35 bits per heavy atom. The van der Waals surface area contributed by atoms with Crippen molar-refractivity contribution in [3.8, 4) is 0 Å². The minimum absolute atomic E-state index is 0.0893. The lowest BCUT2D eigenvalue weighted by atomic mass is 9.51. The number of fused-ring (bicyclic) bond motifs is 6. The Hall–Kier alpha value is -3.90. The highest BCUT2D eigenvalue weighted by atomic mass is 19.3. The van der Waals surface area contributed by atoms with Gasteiger partial charge in [0.05, 0.1) is 6.61 Å². The van der Waals surface area contributed by atoms with E-state index in [0.717, 1.165) is 25.7 Å². The number of ether oxygens (including phenoxy) is 13. The molecule has 14 rings (SSSR count). The molecule has 14 atom stereocenters. The maximum atomic E-state index is 13.5. The zero-order chi connectivity index (χ0) is 46.7. The van der Waals surface area contributed by atoms with E-state index in [9.17, 15) is 46.3 Å². The van der Waals surface area contributed by atoms with Gasteiger partial charge in [-0.05, 0) is 83.0 Å². The second-order valence-electron chi connectivity index (χ2n) is 20.4. The molecular weight excluding hydrogens is 896 g/mol. The Morgan fingerprint density at radius 1 is 0.591 bits per heavy atom. The van der Waals surface area contributed by atoms with Crippen LogP contribution in [0.25, 0.3) is 0 Å². The maximum absolute atomic E-state index is 13.5. The molecule has 0 N–H and O–H groups in total. The van der Waals surface area contributed by atoms with Gasteiger partial charge in [-0.25, -0.2) is 24.0 Å². The van der Waals surface area contributed by atoms with Crippen molar-refractivity contribution in [3.05, 3.63) is 0 Å². The van der Waals surface area contributed by atoms with Gasteiger partial charge in [0.25, 0.3) is 0 Å². The van der Waals surface area contributed by atoms with E-state index in [2.05, 4.69) is 0 Å². The van der Waals surface area contributed by atoms with E-state index in [0.29, 0.717) is 52.4 Å². The summed E-state index contributed by atoms with van der Waals surface area (Å²) in [4.78, 5) is 71.4. The summed E-state index contributed by atoms with van der Waals surface area (Å²) in [6, 6.07) is 0. The molecule has 6 saturated heterocycles. The van der Waals surface area contributed by atoms with E-state index in [1.807, 2.05) is 0 Å². The highest BCUT2D eigenvalue weighted by molar-refractivity contribution is 5.82. The van der Waals surface area contributed by atoms with Crippen LogP contribution in [0.3, 0.4) is 0 Å². The fourth-order valence-electron chi connectivity index (χ4n) is 14.0. The SMILES string of the molecule is CC(=O)OC1C(=O)OC2C3OC4(OC3OC12)C1CC2CC4CC(OC(=O)C(C)(F)F)(C2)C1.CCOC(=O)OC1C(=O)OC2C3OC4(OC3OC12)C1CC2CC4CC(OC(=O)C(C)(F)F)(C2)C1. The van der Waals surface area contributed by atoms with Crippen LogP contribution in [-0.2, 0) is 85.6 Å². The fraction of sp³-hybridized carbons (Fsp3) is 0.860. The smallest absolute Gasteiger partial charge is 0.455 e. The van der Waals surface area contributed by atoms with Gasteiger partial charge in [0.1, 0.15) is 23.4 Å². The van der Waals surface area contributed by atoms with Crippen molar-refractivity contribution < 1.29 is 108 Å². The molecule has 0 amide bonds. The number of hydrogen-bond donors (Lipinski definition) is 0. The highest BCUT2D eigenvalue weighted by Crippen LogP contribution is 2.67. The molecule has 0 radical (unpaired) electrons. The molecule has 8 aliphatic carbocycles. The lowest BCUT2D eigenvalue weighted by Gasteiger charge is -2.62. The predicted octanol–water partition coefficient (Wildman–Crippen LogP) is 3.52. The monoisotopic (exact) mass is 946 g/mol. The molecule has 14 fully saturated rings. The number of halogens is 4. The van der Waals surface area contributed by atoms with Gasteiger partial charge in [-0.15, -0.1) is 0 Å². The second kappa shape index (κ2) is 14.8. The van der Waals surface area contributed by atoms with Crippen LogP contribution >= 0.6 is 0 Å². The number of carbonyl (C=O) groups is 6. The number of alkyl halides is 4. The zero-order valence-electron chi connectivity index (χ0n) is 36.3. The summed E-state index contributed by atoms with van der Waals surface area (Å²) in [6.45, 7) is 3.98. The van der Waals surface area contributed by atoms with Crippen LogP contribution in [0, 0.1) is 35.5 Å². The Morgan fingerprint density at radius 2 is 0.985 bits per heavy atom. The van der Waals surface area contributed by atoms with Gasteiger partial charge in [0, 0.05) is 44.4 Å². The largest absolute Gasteiger partial charge is 0.509 e. The summed E-state index contributed by atoms with van der Waals surface area (Å²) in [5, 5.41) is 0. The topological polar surface area (TPSA) is 222 Å². The molecule has 8 bridgehead atoms. The number of rotatable bonds is 7. The van der Waals surface area contributed by atoms with Gasteiger partial charge in [-0.3, -0.25) is 4.79 Å². The Kier molecular flexibility index (Phi) is 10.0. The van der Waals surface area contributed by atoms with Gasteiger partial charge in [0.2, 0.25) is 12.2 Å². The third-order valence-electron chi connectivity index (χ3n) is 15.9. The van der Waals surface area contributed by atoms with Gasteiger partial charge in [-0.1, -0.05) is 0 Å². The van der Waals surface area contributed by atoms with E-state index in [1.54, 1.807) is 6.92 Å². The number of carbonyl (C=O) groups excluding carboxylic acids is 6. The van der Waals surface area contributed by atoms with Crippen LogP contribution in [0.15, 0.2) is 0 Å². The highest BCUT2D eigenvalue weighted by Gasteiger charge is 2.76. The Bertz CT molecular complexity index is 2060. The lowest BCUT2D eigenvalue weighted by molar-refractivity contribution is -0.343. The van der Waals surface area contributed by atoms with Crippen molar-refractivity contribution in [1.82, 2.24) is 0 Å². The average molecular weight is 947 g/mol. The van der Waals surface area contributed by atoms with Gasteiger partial charge >= 0.3 is 47.8 Å². The molecule has 23 heteroatoms. The first-order valence-corrected chi connectivity index (χ1v) is 22.7. The van der Waals surface area contributed by atoms with Crippen molar-refractivity contribution in [2.75, 3.05) is 6.61 Å². The minimum atomic E-state index is -3.56. The normalized spacial score (nSPS) is 49.1. The first-order valence-electron chi connectivity index (χ1n) is 22.7. The van der Waals surface area contributed by atoms with E-state index >= 15 is 0 Å². The molecule has 19 nitrogen and oxygen atoms in total. The van der Waals surface area contributed by atoms with Crippen molar-refractivity contribution in [3.63, 3.8) is 0 Å².